The molecule has 1 amide bonds. The number of amides is 1. The van der Waals surface area contributed by atoms with Gasteiger partial charge in [0.25, 0.3) is 5.91 Å². The zero-order valence-electron chi connectivity index (χ0n) is 20.2. The van der Waals surface area contributed by atoms with Crippen molar-refractivity contribution >= 4 is 50.7 Å². The number of anilines is 2. The molecule has 0 spiro atoms. The zero-order valence-corrected chi connectivity index (χ0v) is 21.9. The number of piperazine rings is 1. The van der Waals surface area contributed by atoms with Gasteiger partial charge in [-0.25, -0.2) is 8.78 Å². The summed E-state index contributed by atoms with van der Waals surface area (Å²) in [7, 11) is 0. The van der Waals surface area contributed by atoms with Crippen molar-refractivity contribution in [1.29, 1.82) is 0 Å². The molecular formula is C26H24F2N6O2S2. The van der Waals surface area contributed by atoms with Crippen LogP contribution in [0.25, 0.3) is 10.9 Å². The second-order valence-corrected chi connectivity index (χ2v) is 11.5. The van der Waals surface area contributed by atoms with Crippen molar-refractivity contribution < 1.29 is 13.6 Å². The molecule has 1 aliphatic heterocycles. The first kappa shape index (κ1) is 25.0. The third-order valence-corrected chi connectivity index (χ3v) is 8.70. The Kier molecular flexibility index (Phi) is 6.85. The van der Waals surface area contributed by atoms with Crippen molar-refractivity contribution in [2.75, 3.05) is 36.4 Å². The summed E-state index contributed by atoms with van der Waals surface area (Å²) in [6, 6.07) is 9.65. The van der Waals surface area contributed by atoms with E-state index in [1.807, 2.05) is 9.47 Å². The van der Waals surface area contributed by atoms with Gasteiger partial charge >= 0.3 is 0 Å². The number of nitrogens with zero attached hydrogens (tertiary/aromatic N) is 4. The molecule has 0 radical (unpaired) electrons. The van der Waals surface area contributed by atoms with E-state index in [9.17, 15) is 14.0 Å². The summed E-state index contributed by atoms with van der Waals surface area (Å²) >= 11 is 2.44. The number of thioether (sulfide) groups is 1. The number of carbonyl (C=O) groups excluding carboxylic acids is 1. The second kappa shape index (κ2) is 10.4. The average Bonchev–Trinajstić information content (AvgIpc) is 3.68. The minimum absolute atomic E-state index is 0.0746. The van der Waals surface area contributed by atoms with Gasteiger partial charge in [0.2, 0.25) is 10.6 Å². The van der Waals surface area contributed by atoms with Crippen molar-refractivity contribution in [3.8, 4) is 0 Å². The Morgan fingerprint density at radius 2 is 1.92 bits per heavy atom. The van der Waals surface area contributed by atoms with Gasteiger partial charge < -0.3 is 14.8 Å². The van der Waals surface area contributed by atoms with E-state index < -0.39 is 17.2 Å². The maximum absolute atomic E-state index is 15.2. The molecule has 12 heteroatoms. The van der Waals surface area contributed by atoms with Gasteiger partial charge in [0.15, 0.2) is 4.34 Å². The number of pyridine rings is 1. The number of carbonyl (C=O) groups is 1. The lowest BCUT2D eigenvalue weighted by Crippen LogP contribution is -2.43. The molecule has 3 heterocycles. The highest BCUT2D eigenvalue weighted by Crippen LogP contribution is 2.38. The van der Waals surface area contributed by atoms with Crippen LogP contribution in [0.3, 0.4) is 0 Å². The fourth-order valence-corrected chi connectivity index (χ4v) is 6.29. The van der Waals surface area contributed by atoms with Gasteiger partial charge in [0.1, 0.15) is 17.2 Å². The summed E-state index contributed by atoms with van der Waals surface area (Å²) in [4.78, 5) is 28.5. The third kappa shape index (κ3) is 5.03. The first-order chi connectivity index (χ1) is 18.5. The summed E-state index contributed by atoms with van der Waals surface area (Å²) in [5.41, 5.74) is 1.04. The van der Waals surface area contributed by atoms with E-state index in [0.717, 1.165) is 37.3 Å². The van der Waals surface area contributed by atoms with E-state index in [1.165, 1.54) is 23.9 Å². The Hall–Kier alpha value is -3.35. The number of benzene rings is 2. The molecule has 4 aromatic rings. The first-order valence-electron chi connectivity index (χ1n) is 12.3. The molecule has 2 aromatic heterocycles. The maximum atomic E-state index is 15.2. The summed E-state index contributed by atoms with van der Waals surface area (Å²) in [6.07, 6.45) is 3.43. The summed E-state index contributed by atoms with van der Waals surface area (Å²) in [5.74, 6) is -1.03. The lowest BCUT2D eigenvalue weighted by Gasteiger charge is -2.30. The van der Waals surface area contributed by atoms with Gasteiger partial charge in [-0.1, -0.05) is 41.3 Å². The number of fused-ring (bicyclic) bond motifs is 1. The zero-order chi connectivity index (χ0) is 26.2. The number of halogens is 2. The van der Waals surface area contributed by atoms with Crippen LogP contribution in [0.15, 0.2) is 51.7 Å². The molecule has 196 valence electrons. The minimum atomic E-state index is -0.625. The summed E-state index contributed by atoms with van der Waals surface area (Å²) in [5, 5.41) is 14.4. The number of hydrogen-bond acceptors (Lipinski definition) is 8. The van der Waals surface area contributed by atoms with Gasteiger partial charge in [-0.15, -0.1) is 10.2 Å². The van der Waals surface area contributed by atoms with Crippen LogP contribution in [0.4, 0.5) is 19.6 Å². The van der Waals surface area contributed by atoms with E-state index in [2.05, 4.69) is 20.8 Å². The van der Waals surface area contributed by atoms with Gasteiger partial charge in [-0.2, -0.15) is 0 Å². The number of nitrogens with one attached hydrogen (secondary N) is 2. The minimum Gasteiger partial charge on any atom is -0.367 e. The molecule has 0 atom stereocenters. The molecule has 1 aliphatic carbocycles. The summed E-state index contributed by atoms with van der Waals surface area (Å²) in [6.45, 7) is 2.89. The van der Waals surface area contributed by atoms with Crippen LogP contribution in [0, 0.1) is 11.6 Å². The standard InChI is InChI=1S/C26H24F2N6O2S2/c27-19-4-2-1-3-15(19)14-37-26-32-31-25(38-26)30-24(36)18-13-34(16-5-6-16)21-12-22(33-9-7-29-8-10-33)20(28)11-17(21)23(18)35/h1-4,11-13,16,29H,5-10,14H2,(H,30,31,36). The topological polar surface area (TPSA) is 92.2 Å². The molecule has 6 rings (SSSR count). The first-order valence-corrected chi connectivity index (χ1v) is 14.1. The van der Waals surface area contributed by atoms with Crippen LogP contribution in [-0.4, -0.2) is 46.9 Å². The molecule has 2 N–H and O–H groups in total. The lowest BCUT2D eigenvalue weighted by atomic mass is 10.1. The molecule has 1 saturated carbocycles. The number of rotatable bonds is 7. The second-order valence-electron chi connectivity index (χ2n) is 9.28. The molecule has 0 unspecified atom stereocenters. The van der Waals surface area contributed by atoms with E-state index in [-0.39, 0.29) is 27.9 Å². The van der Waals surface area contributed by atoms with Crippen molar-refractivity contribution in [3.63, 3.8) is 0 Å². The molecule has 1 saturated heterocycles. The van der Waals surface area contributed by atoms with Crippen LogP contribution in [0.1, 0.15) is 34.8 Å². The maximum Gasteiger partial charge on any atom is 0.262 e. The van der Waals surface area contributed by atoms with E-state index >= 15 is 4.39 Å². The highest BCUT2D eigenvalue weighted by molar-refractivity contribution is 8.00. The lowest BCUT2D eigenvalue weighted by molar-refractivity contribution is 0.102. The SMILES string of the molecule is O=C(Nc1nnc(SCc2ccccc2F)s1)c1cn(C2CC2)c2cc(N3CCNCC3)c(F)cc2c1=O. The normalized spacial score (nSPS) is 15.7. The van der Waals surface area contributed by atoms with Gasteiger partial charge in [0.05, 0.1) is 11.2 Å². The molecule has 2 fully saturated rings. The van der Waals surface area contributed by atoms with Crippen LogP contribution < -0.4 is 21.0 Å². The van der Waals surface area contributed by atoms with Crippen molar-refractivity contribution in [2.24, 2.45) is 0 Å². The van der Waals surface area contributed by atoms with Crippen molar-refractivity contribution in [1.82, 2.24) is 20.1 Å². The Labute approximate surface area is 225 Å². The molecule has 2 aliphatic rings. The fraction of sp³-hybridized carbons (Fsp3) is 0.308. The van der Waals surface area contributed by atoms with Crippen LogP contribution in [0.2, 0.25) is 0 Å². The Balaban J connectivity index is 1.26. The molecular weight excluding hydrogens is 530 g/mol. The van der Waals surface area contributed by atoms with E-state index in [4.69, 9.17) is 0 Å². The van der Waals surface area contributed by atoms with Crippen LogP contribution >= 0.6 is 23.1 Å². The molecule has 8 nitrogen and oxygen atoms in total. The van der Waals surface area contributed by atoms with E-state index in [1.54, 1.807) is 30.5 Å². The Morgan fingerprint density at radius 3 is 2.68 bits per heavy atom. The smallest absolute Gasteiger partial charge is 0.262 e. The average molecular weight is 555 g/mol. The quantitative estimate of drug-likeness (QED) is 0.258. The number of hydrogen-bond donors (Lipinski definition) is 2. The van der Waals surface area contributed by atoms with Gasteiger partial charge in [-0.05, 0) is 36.6 Å². The van der Waals surface area contributed by atoms with Crippen LogP contribution in [0.5, 0.6) is 0 Å². The molecule has 38 heavy (non-hydrogen) atoms. The highest BCUT2D eigenvalue weighted by atomic mass is 32.2. The van der Waals surface area contributed by atoms with Gasteiger partial charge in [-0.3, -0.25) is 14.9 Å². The molecule has 2 aromatic carbocycles. The van der Waals surface area contributed by atoms with Crippen LogP contribution in [-0.2, 0) is 5.75 Å². The van der Waals surface area contributed by atoms with Crippen molar-refractivity contribution in [3.05, 3.63) is 75.6 Å². The van der Waals surface area contributed by atoms with Gasteiger partial charge in [0, 0.05) is 49.6 Å². The van der Waals surface area contributed by atoms with E-state index in [0.29, 0.717) is 39.9 Å². The largest absolute Gasteiger partial charge is 0.367 e. The Morgan fingerprint density at radius 1 is 1.13 bits per heavy atom. The predicted octanol–water partition coefficient (Wildman–Crippen LogP) is 4.42. The molecule has 0 bridgehead atoms. The summed E-state index contributed by atoms with van der Waals surface area (Å²) < 4.78 is 31.5. The Bertz CT molecular complexity index is 1580. The third-order valence-electron chi connectivity index (χ3n) is 6.68. The number of aromatic nitrogens is 3. The highest BCUT2D eigenvalue weighted by Gasteiger charge is 2.28. The van der Waals surface area contributed by atoms with Crippen molar-refractivity contribution in [2.45, 2.75) is 29.0 Å². The fourth-order valence-electron chi connectivity index (χ4n) is 4.56. The predicted molar refractivity (Wildman–Crippen MR) is 145 cm³/mol. The monoisotopic (exact) mass is 554 g/mol.